The van der Waals surface area contributed by atoms with Gasteiger partial charge < -0.3 is 15.2 Å². The third-order valence-corrected chi connectivity index (χ3v) is 3.45. The Morgan fingerprint density at radius 3 is 2.30 bits per heavy atom. The maximum atomic E-state index is 6.22. The largest absolute Gasteiger partial charge is 0.493 e. The molecule has 0 radical (unpaired) electrons. The summed E-state index contributed by atoms with van der Waals surface area (Å²) in [4.78, 5) is 0. The highest BCUT2D eigenvalue weighted by molar-refractivity contribution is 5.43. The molecule has 1 aromatic rings. The number of hydrogen-bond donors (Lipinski definition) is 1. The number of rotatable bonds is 6. The van der Waals surface area contributed by atoms with E-state index in [-0.39, 0.29) is 17.6 Å². The lowest BCUT2D eigenvalue weighted by molar-refractivity contribution is 0.230. The van der Waals surface area contributed by atoms with Gasteiger partial charge in [0.05, 0.1) is 13.2 Å². The predicted molar refractivity (Wildman–Crippen MR) is 84.5 cm³/mol. The van der Waals surface area contributed by atoms with Crippen molar-refractivity contribution in [2.75, 3.05) is 7.11 Å². The molecule has 0 aromatic heterocycles. The van der Waals surface area contributed by atoms with Crippen LogP contribution in [-0.4, -0.2) is 19.3 Å². The minimum atomic E-state index is 0.135. The first-order chi connectivity index (χ1) is 9.24. The van der Waals surface area contributed by atoms with Crippen LogP contribution in [0.5, 0.6) is 11.5 Å². The van der Waals surface area contributed by atoms with E-state index >= 15 is 0 Å². The molecule has 1 unspecified atom stereocenters. The summed E-state index contributed by atoms with van der Waals surface area (Å²) in [6.45, 7) is 10.6. The fraction of sp³-hybridized carbons (Fsp3) is 0.647. The van der Waals surface area contributed by atoms with Crippen molar-refractivity contribution < 1.29 is 9.47 Å². The molecule has 0 amide bonds. The van der Waals surface area contributed by atoms with Gasteiger partial charge in [-0.2, -0.15) is 0 Å². The van der Waals surface area contributed by atoms with Gasteiger partial charge in [0.15, 0.2) is 11.5 Å². The molecule has 0 saturated carbocycles. The number of nitrogens with two attached hydrogens (primary N) is 1. The summed E-state index contributed by atoms with van der Waals surface area (Å²) in [5.74, 6) is 1.59. The molecule has 0 aliphatic heterocycles. The average Bonchev–Trinajstić information content (AvgIpc) is 2.34. The van der Waals surface area contributed by atoms with Crippen LogP contribution < -0.4 is 15.2 Å². The number of hydrogen-bond acceptors (Lipinski definition) is 3. The van der Waals surface area contributed by atoms with Crippen LogP contribution in [0.3, 0.4) is 0 Å². The second-order valence-corrected chi connectivity index (χ2v) is 6.66. The zero-order chi connectivity index (χ0) is 15.3. The minimum Gasteiger partial charge on any atom is -0.493 e. The zero-order valence-corrected chi connectivity index (χ0v) is 13.7. The summed E-state index contributed by atoms with van der Waals surface area (Å²) in [5, 5.41) is 0. The van der Waals surface area contributed by atoms with Crippen LogP contribution in [0.4, 0.5) is 0 Å². The van der Waals surface area contributed by atoms with Crippen LogP contribution in [0.2, 0.25) is 0 Å². The first-order valence-electron chi connectivity index (χ1n) is 7.33. The molecule has 0 heterocycles. The Kier molecular flexibility index (Phi) is 5.88. The molecule has 1 rings (SSSR count). The van der Waals surface area contributed by atoms with E-state index in [0.29, 0.717) is 0 Å². The van der Waals surface area contributed by atoms with Crippen molar-refractivity contribution in [2.45, 2.75) is 59.6 Å². The van der Waals surface area contributed by atoms with Gasteiger partial charge in [0.25, 0.3) is 0 Å². The third kappa shape index (κ3) is 5.04. The van der Waals surface area contributed by atoms with Crippen molar-refractivity contribution >= 4 is 0 Å². The summed E-state index contributed by atoms with van der Waals surface area (Å²) in [6.07, 6.45) is 2.06. The second-order valence-electron chi connectivity index (χ2n) is 6.66. The SMILES string of the molecule is COc1ccc(CCC(N)C(C)(C)C)cc1OC(C)C. The number of aryl methyl sites for hydroxylation is 1. The van der Waals surface area contributed by atoms with Crippen LogP contribution in [0.1, 0.15) is 46.6 Å². The van der Waals surface area contributed by atoms with Gasteiger partial charge in [-0.05, 0) is 49.8 Å². The Balaban J connectivity index is 2.76. The summed E-state index contributed by atoms with van der Waals surface area (Å²) < 4.78 is 11.1. The van der Waals surface area contributed by atoms with E-state index in [1.807, 2.05) is 19.9 Å². The molecule has 0 fully saturated rings. The van der Waals surface area contributed by atoms with Gasteiger partial charge in [-0.1, -0.05) is 26.8 Å². The predicted octanol–water partition coefficient (Wildman–Crippen LogP) is 3.79. The Hall–Kier alpha value is -1.22. The van der Waals surface area contributed by atoms with E-state index in [0.717, 1.165) is 24.3 Å². The Morgan fingerprint density at radius 1 is 1.15 bits per heavy atom. The maximum Gasteiger partial charge on any atom is 0.161 e. The molecule has 20 heavy (non-hydrogen) atoms. The topological polar surface area (TPSA) is 44.5 Å². The molecule has 0 aliphatic carbocycles. The van der Waals surface area contributed by atoms with Gasteiger partial charge in [0, 0.05) is 6.04 Å². The first kappa shape index (κ1) is 16.8. The van der Waals surface area contributed by atoms with Crippen molar-refractivity contribution in [1.82, 2.24) is 0 Å². The highest BCUT2D eigenvalue weighted by atomic mass is 16.5. The van der Waals surface area contributed by atoms with E-state index in [1.54, 1.807) is 7.11 Å². The maximum absolute atomic E-state index is 6.22. The standard InChI is InChI=1S/C17H29NO2/c1-12(2)20-15-11-13(7-9-14(15)19-6)8-10-16(18)17(3,4)5/h7,9,11-12,16H,8,10,18H2,1-6H3. The number of ether oxygens (including phenoxy) is 2. The molecule has 2 N–H and O–H groups in total. The smallest absolute Gasteiger partial charge is 0.161 e. The average molecular weight is 279 g/mol. The Labute approximate surface area is 123 Å². The molecule has 0 bridgehead atoms. The molecule has 0 saturated heterocycles. The van der Waals surface area contributed by atoms with Gasteiger partial charge in [-0.15, -0.1) is 0 Å². The number of benzene rings is 1. The van der Waals surface area contributed by atoms with Crippen molar-refractivity contribution in [2.24, 2.45) is 11.1 Å². The van der Waals surface area contributed by atoms with Gasteiger partial charge in [-0.25, -0.2) is 0 Å². The van der Waals surface area contributed by atoms with E-state index in [1.165, 1.54) is 5.56 Å². The molecular formula is C17H29NO2. The Bertz CT molecular complexity index is 421. The summed E-state index contributed by atoms with van der Waals surface area (Å²) in [7, 11) is 1.66. The quantitative estimate of drug-likeness (QED) is 0.861. The van der Waals surface area contributed by atoms with E-state index < -0.39 is 0 Å². The van der Waals surface area contributed by atoms with Crippen molar-refractivity contribution in [1.29, 1.82) is 0 Å². The molecule has 1 aromatic carbocycles. The van der Waals surface area contributed by atoms with E-state index in [2.05, 4.69) is 32.9 Å². The Morgan fingerprint density at radius 2 is 1.80 bits per heavy atom. The van der Waals surface area contributed by atoms with Crippen LogP contribution in [-0.2, 0) is 6.42 Å². The normalized spacial score (nSPS) is 13.4. The molecule has 114 valence electrons. The molecule has 3 nitrogen and oxygen atoms in total. The lowest BCUT2D eigenvalue weighted by atomic mass is 9.84. The van der Waals surface area contributed by atoms with Crippen LogP contribution in [0.15, 0.2) is 18.2 Å². The second kappa shape index (κ2) is 6.98. The zero-order valence-electron chi connectivity index (χ0n) is 13.7. The monoisotopic (exact) mass is 279 g/mol. The fourth-order valence-corrected chi connectivity index (χ4v) is 1.98. The van der Waals surface area contributed by atoms with Crippen molar-refractivity contribution in [3.63, 3.8) is 0 Å². The number of methoxy groups -OCH3 is 1. The molecule has 1 atom stereocenters. The molecular weight excluding hydrogens is 250 g/mol. The molecule has 0 aliphatic rings. The lowest BCUT2D eigenvalue weighted by Gasteiger charge is -2.27. The third-order valence-electron chi connectivity index (χ3n) is 3.45. The van der Waals surface area contributed by atoms with Crippen LogP contribution in [0.25, 0.3) is 0 Å². The van der Waals surface area contributed by atoms with Gasteiger partial charge in [0.2, 0.25) is 0 Å². The molecule has 0 spiro atoms. The van der Waals surface area contributed by atoms with Gasteiger partial charge in [0.1, 0.15) is 0 Å². The summed E-state index contributed by atoms with van der Waals surface area (Å²) in [6, 6.07) is 6.31. The highest BCUT2D eigenvalue weighted by Crippen LogP contribution is 2.30. The lowest BCUT2D eigenvalue weighted by Crippen LogP contribution is -2.35. The van der Waals surface area contributed by atoms with Crippen LogP contribution in [0, 0.1) is 5.41 Å². The fourth-order valence-electron chi connectivity index (χ4n) is 1.98. The van der Waals surface area contributed by atoms with Gasteiger partial charge >= 0.3 is 0 Å². The minimum absolute atomic E-state index is 0.135. The van der Waals surface area contributed by atoms with Crippen molar-refractivity contribution in [3.8, 4) is 11.5 Å². The summed E-state index contributed by atoms with van der Waals surface area (Å²) >= 11 is 0. The van der Waals surface area contributed by atoms with Gasteiger partial charge in [-0.3, -0.25) is 0 Å². The first-order valence-corrected chi connectivity index (χ1v) is 7.33. The highest BCUT2D eigenvalue weighted by Gasteiger charge is 2.20. The van der Waals surface area contributed by atoms with E-state index in [9.17, 15) is 0 Å². The molecule has 3 heteroatoms. The van der Waals surface area contributed by atoms with Crippen molar-refractivity contribution in [3.05, 3.63) is 23.8 Å². The summed E-state index contributed by atoms with van der Waals surface area (Å²) in [5.41, 5.74) is 7.60. The van der Waals surface area contributed by atoms with Crippen LogP contribution >= 0.6 is 0 Å². The van der Waals surface area contributed by atoms with E-state index in [4.69, 9.17) is 15.2 Å².